The summed E-state index contributed by atoms with van der Waals surface area (Å²) in [6.07, 6.45) is 2.45. The van der Waals surface area contributed by atoms with Crippen LogP contribution in [-0.2, 0) is 9.59 Å². The highest BCUT2D eigenvalue weighted by Gasteiger charge is 2.34. The summed E-state index contributed by atoms with van der Waals surface area (Å²) in [5.74, 6) is -0.277. The molecule has 7 heteroatoms. The van der Waals surface area contributed by atoms with Crippen LogP contribution >= 0.6 is 23.8 Å². The number of anilines is 1. The molecule has 0 radical (unpaired) electrons. The molecule has 1 fully saturated rings. The molecule has 1 N–H and O–H groups in total. The lowest BCUT2D eigenvalue weighted by atomic mass is 10.1. The minimum atomic E-state index is -0.526. The number of nitrogens with one attached hydrogen (secondary N) is 1. The quantitative estimate of drug-likeness (QED) is 0.469. The van der Waals surface area contributed by atoms with Crippen LogP contribution in [0.5, 0.6) is 5.75 Å². The summed E-state index contributed by atoms with van der Waals surface area (Å²) in [7, 11) is 0. The van der Waals surface area contributed by atoms with Crippen molar-refractivity contribution in [2.24, 2.45) is 0 Å². The highest BCUT2D eigenvalue weighted by Crippen LogP contribution is 2.24. The van der Waals surface area contributed by atoms with Gasteiger partial charge in [0.2, 0.25) is 0 Å². The van der Waals surface area contributed by atoms with Crippen molar-refractivity contribution < 1.29 is 14.3 Å². The van der Waals surface area contributed by atoms with Gasteiger partial charge in [0, 0.05) is 5.02 Å². The number of benzene rings is 2. The van der Waals surface area contributed by atoms with Crippen LogP contribution in [0.25, 0.3) is 6.08 Å². The Bertz CT molecular complexity index is 908. The highest BCUT2D eigenvalue weighted by molar-refractivity contribution is 7.80. The van der Waals surface area contributed by atoms with Crippen molar-refractivity contribution in [3.8, 4) is 5.75 Å². The van der Waals surface area contributed by atoms with Crippen molar-refractivity contribution in [2.45, 2.75) is 13.3 Å². The Kier molecular flexibility index (Phi) is 5.88. The highest BCUT2D eigenvalue weighted by atomic mass is 35.5. The van der Waals surface area contributed by atoms with Crippen LogP contribution in [0, 0.1) is 0 Å². The third-order valence-corrected chi connectivity index (χ3v) is 4.39. The van der Waals surface area contributed by atoms with Gasteiger partial charge in [-0.25, -0.2) is 0 Å². The molecule has 1 saturated heterocycles. The van der Waals surface area contributed by atoms with E-state index in [1.807, 2.05) is 6.92 Å². The van der Waals surface area contributed by atoms with Gasteiger partial charge in [-0.3, -0.25) is 19.8 Å². The van der Waals surface area contributed by atoms with Gasteiger partial charge in [-0.2, -0.15) is 0 Å². The van der Waals surface area contributed by atoms with E-state index in [4.69, 9.17) is 28.6 Å². The lowest BCUT2D eigenvalue weighted by molar-refractivity contribution is -0.122. The molecule has 5 nitrogen and oxygen atoms in total. The molecule has 1 heterocycles. The Morgan fingerprint density at radius 1 is 1.11 bits per heavy atom. The SMILES string of the molecule is CCCOc1ccc(C=C2C(=O)NC(=S)N(c3ccc(Cl)cc3)C2=O)cc1. The van der Waals surface area contributed by atoms with E-state index in [1.54, 1.807) is 48.5 Å². The Morgan fingerprint density at radius 2 is 1.78 bits per heavy atom. The second-order valence-electron chi connectivity index (χ2n) is 5.85. The van der Waals surface area contributed by atoms with E-state index in [2.05, 4.69) is 5.32 Å². The Morgan fingerprint density at radius 3 is 2.41 bits per heavy atom. The molecule has 0 aromatic heterocycles. The molecular formula is C20H17ClN2O3S. The molecule has 1 aliphatic rings. The summed E-state index contributed by atoms with van der Waals surface area (Å²) >= 11 is 11.1. The van der Waals surface area contributed by atoms with Crippen molar-refractivity contribution in [3.05, 3.63) is 64.7 Å². The minimum absolute atomic E-state index is 0.000719. The average molecular weight is 401 g/mol. The van der Waals surface area contributed by atoms with E-state index in [0.717, 1.165) is 12.2 Å². The van der Waals surface area contributed by atoms with Gasteiger partial charge in [-0.05, 0) is 66.7 Å². The van der Waals surface area contributed by atoms with Gasteiger partial charge in [-0.1, -0.05) is 30.7 Å². The van der Waals surface area contributed by atoms with Crippen molar-refractivity contribution in [3.63, 3.8) is 0 Å². The lowest BCUT2D eigenvalue weighted by Crippen LogP contribution is -2.54. The number of hydrogen-bond donors (Lipinski definition) is 1. The van der Waals surface area contributed by atoms with Crippen molar-refractivity contribution in [1.29, 1.82) is 0 Å². The van der Waals surface area contributed by atoms with Crippen LogP contribution in [0.2, 0.25) is 5.02 Å². The summed E-state index contributed by atoms with van der Waals surface area (Å²) in [6.45, 7) is 2.66. The third kappa shape index (κ3) is 4.35. The molecule has 2 amide bonds. The molecule has 2 aromatic carbocycles. The smallest absolute Gasteiger partial charge is 0.270 e. The molecule has 2 aromatic rings. The van der Waals surface area contributed by atoms with E-state index in [9.17, 15) is 9.59 Å². The largest absolute Gasteiger partial charge is 0.494 e. The predicted molar refractivity (Wildman–Crippen MR) is 110 cm³/mol. The number of hydrogen-bond acceptors (Lipinski definition) is 4. The number of thiocarbonyl (C=S) groups is 1. The molecule has 1 aliphatic heterocycles. The molecule has 138 valence electrons. The molecule has 0 aliphatic carbocycles. The molecule has 0 saturated carbocycles. The number of halogens is 1. The third-order valence-electron chi connectivity index (χ3n) is 3.85. The Balaban J connectivity index is 1.88. The molecule has 0 unspecified atom stereocenters. The normalized spacial score (nSPS) is 15.9. The summed E-state index contributed by atoms with van der Waals surface area (Å²) in [4.78, 5) is 26.5. The summed E-state index contributed by atoms with van der Waals surface area (Å²) in [6, 6.07) is 13.8. The standard InChI is InChI=1S/C20H17ClN2O3S/c1-2-11-26-16-9-3-13(4-10-16)12-17-18(24)22-20(27)23(19(17)25)15-7-5-14(21)6-8-15/h3-10,12H,2,11H2,1H3,(H,22,24,27). The average Bonchev–Trinajstić information content (AvgIpc) is 2.66. The van der Waals surface area contributed by atoms with Gasteiger partial charge in [-0.15, -0.1) is 0 Å². The van der Waals surface area contributed by atoms with Crippen molar-refractivity contribution >= 4 is 52.5 Å². The van der Waals surface area contributed by atoms with Crippen LogP contribution in [0.3, 0.4) is 0 Å². The molecule has 0 atom stereocenters. The topological polar surface area (TPSA) is 58.6 Å². The monoisotopic (exact) mass is 400 g/mol. The van der Waals surface area contributed by atoms with Gasteiger partial charge in [0.15, 0.2) is 5.11 Å². The van der Waals surface area contributed by atoms with Crippen LogP contribution in [0.1, 0.15) is 18.9 Å². The van der Waals surface area contributed by atoms with Gasteiger partial charge in [0.1, 0.15) is 11.3 Å². The van der Waals surface area contributed by atoms with Crippen molar-refractivity contribution in [2.75, 3.05) is 11.5 Å². The van der Waals surface area contributed by atoms with Gasteiger partial charge in [0.25, 0.3) is 11.8 Å². The lowest BCUT2D eigenvalue weighted by Gasteiger charge is -2.28. The van der Waals surface area contributed by atoms with Gasteiger partial charge >= 0.3 is 0 Å². The first-order chi connectivity index (χ1) is 13.0. The van der Waals surface area contributed by atoms with Crippen LogP contribution in [0.15, 0.2) is 54.1 Å². The summed E-state index contributed by atoms with van der Waals surface area (Å²) in [5.41, 5.74) is 1.24. The van der Waals surface area contributed by atoms with E-state index in [-0.39, 0.29) is 10.7 Å². The van der Waals surface area contributed by atoms with E-state index < -0.39 is 11.8 Å². The molecule has 0 bridgehead atoms. The minimum Gasteiger partial charge on any atom is -0.494 e. The van der Waals surface area contributed by atoms with E-state index in [1.165, 1.54) is 11.0 Å². The first kappa shape index (κ1) is 19.1. The van der Waals surface area contributed by atoms with Crippen LogP contribution < -0.4 is 15.0 Å². The fourth-order valence-electron chi connectivity index (χ4n) is 2.53. The summed E-state index contributed by atoms with van der Waals surface area (Å²) < 4.78 is 5.54. The number of ether oxygens (including phenoxy) is 1. The second kappa shape index (κ2) is 8.33. The van der Waals surface area contributed by atoms with E-state index >= 15 is 0 Å². The van der Waals surface area contributed by atoms with Gasteiger partial charge in [0.05, 0.1) is 12.3 Å². The van der Waals surface area contributed by atoms with Crippen molar-refractivity contribution in [1.82, 2.24) is 5.32 Å². The van der Waals surface area contributed by atoms with Crippen LogP contribution in [-0.4, -0.2) is 23.5 Å². The Labute approximate surface area is 167 Å². The fraction of sp³-hybridized carbons (Fsp3) is 0.150. The first-order valence-corrected chi connectivity index (χ1v) is 9.18. The van der Waals surface area contributed by atoms with Gasteiger partial charge < -0.3 is 4.74 Å². The molecule has 27 heavy (non-hydrogen) atoms. The number of nitrogens with zero attached hydrogens (tertiary/aromatic N) is 1. The zero-order chi connectivity index (χ0) is 19.4. The zero-order valence-corrected chi connectivity index (χ0v) is 16.1. The Hall–Kier alpha value is -2.70. The fourth-order valence-corrected chi connectivity index (χ4v) is 2.94. The zero-order valence-electron chi connectivity index (χ0n) is 14.6. The number of amides is 2. The molecule has 0 spiro atoms. The summed E-state index contributed by atoms with van der Waals surface area (Å²) in [5, 5.41) is 3.13. The van der Waals surface area contributed by atoms with Crippen LogP contribution in [0.4, 0.5) is 5.69 Å². The number of carbonyl (C=O) groups excluding carboxylic acids is 2. The maximum atomic E-state index is 12.9. The predicted octanol–water partition coefficient (Wildman–Crippen LogP) is 3.96. The maximum Gasteiger partial charge on any atom is 0.270 e. The van der Waals surface area contributed by atoms with E-state index in [0.29, 0.717) is 22.9 Å². The number of rotatable bonds is 5. The molecule has 3 rings (SSSR count). The number of carbonyl (C=O) groups is 2. The maximum absolute atomic E-state index is 12.9. The first-order valence-electron chi connectivity index (χ1n) is 8.39. The second-order valence-corrected chi connectivity index (χ2v) is 6.67. The molecular weight excluding hydrogens is 384 g/mol.